The molecule has 0 amide bonds. The van der Waals surface area contributed by atoms with Crippen molar-refractivity contribution in [2.45, 2.75) is 20.8 Å². The number of imidazole rings is 1. The number of aryl methyl sites for hydroxylation is 3. The van der Waals surface area contributed by atoms with E-state index in [0.717, 1.165) is 22.8 Å². The summed E-state index contributed by atoms with van der Waals surface area (Å²) in [7, 11) is 0. The molecular formula is C12H16N4. The van der Waals surface area contributed by atoms with Gasteiger partial charge >= 0.3 is 0 Å². The van der Waals surface area contributed by atoms with E-state index in [9.17, 15) is 0 Å². The Bertz CT molecular complexity index is 540. The van der Waals surface area contributed by atoms with Gasteiger partial charge < -0.3 is 16.0 Å². The van der Waals surface area contributed by atoms with E-state index in [1.807, 2.05) is 43.7 Å². The molecule has 0 aliphatic heterocycles. The number of nitrogen functional groups attached to an aromatic ring is 2. The van der Waals surface area contributed by atoms with E-state index >= 15 is 0 Å². The molecule has 2 aromatic rings. The quantitative estimate of drug-likeness (QED) is 0.716. The van der Waals surface area contributed by atoms with Crippen molar-refractivity contribution in [3.63, 3.8) is 0 Å². The number of nitrogens with zero attached hydrogens (tertiary/aromatic N) is 2. The smallest absolute Gasteiger partial charge is 0.110 e. The van der Waals surface area contributed by atoms with Crippen LogP contribution < -0.4 is 11.5 Å². The summed E-state index contributed by atoms with van der Waals surface area (Å²) in [5.41, 5.74) is 15.9. The fraction of sp³-hybridized carbons (Fsp3) is 0.250. The molecule has 1 aromatic carbocycles. The Morgan fingerprint density at radius 1 is 1.06 bits per heavy atom. The molecule has 0 radical (unpaired) electrons. The third-order valence-electron chi connectivity index (χ3n) is 2.66. The van der Waals surface area contributed by atoms with Crippen LogP contribution in [0.2, 0.25) is 0 Å². The van der Waals surface area contributed by atoms with Crippen molar-refractivity contribution < 1.29 is 0 Å². The zero-order valence-electron chi connectivity index (χ0n) is 9.78. The fourth-order valence-corrected chi connectivity index (χ4v) is 1.86. The summed E-state index contributed by atoms with van der Waals surface area (Å²) in [6, 6.07) is 3.78. The normalized spacial score (nSPS) is 10.7. The second-order valence-electron chi connectivity index (χ2n) is 4.07. The molecule has 0 bridgehead atoms. The van der Waals surface area contributed by atoms with Crippen molar-refractivity contribution >= 4 is 11.4 Å². The van der Waals surface area contributed by atoms with E-state index in [0.29, 0.717) is 11.4 Å². The third kappa shape index (κ3) is 1.62. The highest BCUT2D eigenvalue weighted by molar-refractivity contribution is 5.69. The highest BCUT2D eigenvalue weighted by Crippen LogP contribution is 2.24. The van der Waals surface area contributed by atoms with E-state index in [-0.39, 0.29) is 0 Å². The van der Waals surface area contributed by atoms with Crippen LogP contribution in [-0.4, -0.2) is 9.55 Å². The molecule has 0 unspecified atom stereocenters. The Hall–Kier alpha value is -1.97. The van der Waals surface area contributed by atoms with Crippen LogP contribution in [-0.2, 0) is 0 Å². The van der Waals surface area contributed by atoms with Gasteiger partial charge in [-0.1, -0.05) is 0 Å². The van der Waals surface area contributed by atoms with Gasteiger partial charge in [-0.3, -0.25) is 0 Å². The maximum absolute atomic E-state index is 5.83. The Labute approximate surface area is 94.9 Å². The van der Waals surface area contributed by atoms with E-state index < -0.39 is 0 Å². The van der Waals surface area contributed by atoms with Crippen molar-refractivity contribution in [2.75, 3.05) is 11.5 Å². The molecule has 84 valence electrons. The highest BCUT2D eigenvalue weighted by atomic mass is 15.1. The van der Waals surface area contributed by atoms with Crippen molar-refractivity contribution in [1.29, 1.82) is 0 Å². The molecule has 4 nitrogen and oxygen atoms in total. The summed E-state index contributed by atoms with van der Waals surface area (Å²) in [6.07, 6.45) is 1.99. The first-order valence-electron chi connectivity index (χ1n) is 5.17. The van der Waals surface area contributed by atoms with Crippen molar-refractivity contribution in [3.8, 4) is 5.69 Å². The average molecular weight is 216 g/mol. The molecule has 0 aliphatic rings. The van der Waals surface area contributed by atoms with Gasteiger partial charge in [-0.05, 0) is 38.5 Å². The van der Waals surface area contributed by atoms with Crippen LogP contribution in [0.1, 0.15) is 17.1 Å². The van der Waals surface area contributed by atoms with E-state index in [2.05, 4.69) is 4.98 Å². The van der Waals surface area contributed by atoms with Gasteiger partial charge in [0.15, 0.2) is 0 Å². The van der Waals surface area contributed by atoms with E-state index in [1.54, 1.807) is 0 Å². The minimum absolute atomic E-state index is 0.603. The van der Waals surface area contributed by atoms with Crippen LogP contribution in [0.15, 0.2) is 18.3 Å². The molecule has 4 N–H and O–H groups in total. The van der Waals surface area contributed by atoms with Crippen LogP contribution in [0.25, 0.3) is 5.69 Å². The van der Waals surface area contributed by atoms with Gasteiger partial charge in [0.2, 0.25) is 0 Å². The number of hydrogen-bond acceptors (Lipinski definition) is 3. The molecular weight excluding hydrogens is 200 g/mol. The Kier molecular flexibility index (Phi) is 2.34. The largest absolute Gasteiger partial charge is 0.397 e. The zero-order chi connectivity index (χ0) is 11.9. The Morgan fingerprint density at radius 3 is 2.25 bits per heavy atom. The first-order valence-corrected chi connectivity index (χ1v) is 5.17. The lowest BCUT2D eigenvalue weighted by molar-refractivity contribution is 0.965. The fourth-order valence-electron chi connectivity index (χ4n) is 1.86. The summed E-state index contributed by atoms with van der Waals surface area (Å²) in [6.45, 7) is 5.96. The van der Waals surface area contributed by atoms with Gasteiger partial charge in [-0.15, -0.1) is 0 Å². The molecule has 0 aliphatic carbocycles. The van der Waals surface area contributed by atoms with Gasteiger partial charge in [0.1, 0.15) is 5.82 Å². The molecule has 1 aromatic heterocycles. The standard InChI is InChI=1S/C12H16N4/c1-7-4-10(13)11(14)5-12(7)16-6-8(2)15-9(16)3/h4-6H,13-14H2,1-3H3. The molecule has 1 heterocycles. The summed E-state index contributed by atoms with van der Waals surface area (Å²) < 4.78 is 2.03. The molecule has 0 spiro atoms. The molecule has 2 rings (SSSR count). The molecule has 0 fully saturated rings. The summed E-state index contributed by atoms with van der Waals surface area (Å²) in [4.78, 5) is 4.37. The van der Waals surface area contributed by atoms with Gasteiger partial charge in [-0.25, -0.2) is 4.98 Å². The second kappa shape index (κ2) is 3.56. The summed E-state index contributed by atoms with van der Waals surface area (Å²) >= 11 is 0. The lowest BCUT2D eigenvalue weighted by Gasteiger charge is -2.11. The van der Waals surface area contributed by atoms with Gasteiger partial charge in [0.05, 0.1) is 22.8 Å². The summed E-state index contributed by atoms with van der Waals surface area (Å²) in [5, 5.41) is 0. The topological polar surface area (TPSA) is 69.9 Å². The molecule has 16 heavy (non-hydrogen) atoms. The van der Waals surface area contributed by atoms with Gasteiger partial charge in [0.25, 0.3) is 0 Å². The average Bonchev–Trinajstić information content (AvgIpc) is 2.51. The van der Waals surface area contributed by atoms with Crippen LogP contribution in [0.5, 0.6) is 0 Å². The molecule has 0 saturated carbocycles. The molecule has 0 saturated heterocycles. The lowest BCUT2D eigenvalue weighted by Crippen LogP contribution is -2.02. The van der Waals surface area contributed by atoms with Crippen LogP contribution >= 0.6 is 0 Å². The predicted octanol–water partition coefficient (Wildman–Crippen LogP) is 1.96. The number of nitrogens with two attached hydrogens (primary N) is 2. The van der Waals surface area contributed by atoms with Crippen molar-refractivity contribution in [1.82, 2.24) is 9.55 Å². The lowest BCUT2D eigenvalue weighted by atomic mass is 10.1. The monoisotopic (exact) mass is 216 g/mol. The minimum atomic E-state index is 0.603. The summed E-state index contributed by atoms with van der Waals surface area (Å²) in [5.74, 6) is 0.949. The Balaban J connectivity index is 2.64. The number of hydrogen-bond donors (Lipinski definition) is 2. The maximum Gasteiger partial charge on any atom is 0.110 e. The van der Waals surface area contributed by atoms with Crippen molar-refractivity contribution in [2.24, 2.45) is 0 Å². The van der Waals surface area contributed by atoms with E-state index in [4.69, 9.17) is 11.5 Å². The zero-order valence-corrected chi connectivity index (χ0v) is 9.78. The highest BCUT2D eigenvalue weighted by Gasteiger charge is 2.08. The molecule has 0 atom stereocenters. The van der Waals surface area contributed by atoms with Gasteiger partial charge in [0, 0.05) is 6.20 Å². The second-order valence-corrected chi connectivity index (χ2v) is 4.07. The van der Waals surface area contributed by atoms with Crippen LogP contribution in [0, 0.1) is 20.8 Å². The van der Waals surface area contributed by atoms with Crippen molar-refractivity contribution in [3.05, 3.63) is 35.4 Å². The first-order chi connectivity index (χ1) is 7.49. The SMILES string of the molecule is Cc1cn(-c2cc(N)c(N)cc2C)c(C)n1. The predicted molar refractivity (Wildman–Crippen MR) is 66.6 cm³/mol. The number of rotatable bonds is 1. The van der Waals surface area contributed by atoms with Crippen LogP contribution in [0.4, 0.5) is 11.4 Å². The number of aromatic nitrogens is 2. The maximum atomic E-state index is 5.83. The van der Waals surface area contributed by atoms with Gasteiger partial charge in [-0.2, -0.15) is 0 Å². The van der Waals surface area contributed by atoms with E-state index in [1.165, 1.54) is 0 Å². The first kappa shape index (κ1) is 10.5. The minimum Gasteiger partial charge on any atom is -0.397 e. The third-order valence-corrected chi connectivity index (χ3v) is 2.66. The number of anilines is 2. The number of benzene rings is 1. The van der Waals surface area contributed by atoms with Crippen LogP contribution in [0.3, 0.4) is 0 Å². The molecule has 4 heteroatoms. The Morgan fingerprint density at radius 2 is 1.69 bits per heavy atom.